The van der Waals surface area contributed by atoms with Gasteiger partial charge in [-0.15, -0.1) is 11.3 Å². The zero-order chi connectivity index (χ0) is 26.3. The molecule has 1 aliphatic rings. The zero-order valence-corrected chi connectivity index (χ0v) is 20.8. The van der Waals surface area contributed by atoms with Crippen LogP contribution in [0.2, 0.25) is 0 Å². The Morgan fingerprint density at radius 1 is 1.28 bits per heavy atom. The van der Waals surface area contributed by atoms with Crippen LogP contribution in [0, 0.1) is 5.92 Å². The molecular formula is C20H23F4N7O3S2. The van der Waals surface area contributed by atoms with Crippen molar-refractivity contribution in [1.29, 1.82) is 0 Å². The summed E-state index contributed by atoms with van der Waals surface area (Å²) in [5.41, 5.74) is -1.61. The third-order valence-electron chi connectivity index (χ3n) is 5.80. The third-order valence-corrected chi connectivity index (χ3v) is 8.72. The van der Waals surface area contributed by atoms with Crippen LogP contribution in [0.15, 0.2) is 29.7 Å². The molecule has 16 heteroatoms. The highest BCUT2D eigenvalue weighted by atomic mass is 32.2. The summed E-state index contributed by atoms with van der Waals surface area (Å²) < 4.78 is 82.1. The first-order chi connectivity index (χ1) is 16.9. The number of aromatic nitrogens is 5. The number of aryl methyl sites for hydroxylation is 1. The summed E-state index contributed by atoms with van der Waals surface area (Å²) in [7, 11) is -2.11. The SMILES string of the molecule is C[C@@H]1CN(S(=O)(=O)c2cnn(C)c2)CC[C@@H]1Nc1ncc(C(F)(F)F)c(-c2ncc(C(O)CF)s2)n1. The van der Waals surface area contributed by atoms with E-state index in [0.29, 0.717) is 24.0 Å². The average molecular weight is 550 g/mol. The maximum atomic E-state index is 13.6. The fourth-order valence-corrected chi connectivity index (χ4v) is 6.26. The van der Waals surface area contributed by atoms with Gasteiger partial charge in [0, 0.05) is 44.8 Å². The lowest BCUT2D eigenvalue weighted by molar-refractivity contribution is -0.137. The van der Waals surface area contributed by atoms with E-state index in [2.05, 4.69) is 25.4 Å². The monoisotopic (exact) mass is 549 g/mol. The van der Waals surface area contributed by atoms with E-state index in [4.69, 9.17) is 0 Å². The van der Waals surface area contributed by atoms with Gasteiger partial charge in [0.25, 0.3) is 0 Å². The van der Waals surface area contributed by atoms with Crippen molar-refractivity contribution in [2.45, 2.75) is 36.6 Å². The van der Waals surface area contributed by atoms with Crippen LogP contribution < -0.4 is 5.32 Å². The second kappa shape index (κ2) is 9.99. The standard InChI is InChI=1S/C20H23F4N7O3S2/c1-11-9-31(36(33,34)12-6-27-30(2)10-12)4-3-14(11)28-19-26-7-13(20(22,23)24)17(29-19)18-25-8-16(35-18)15(32)5-21/h6-8,10-11,14-15,32H,3-5,9H2,1-2H3,(H,26,28,29)/t11-,14+,15?/m1/s1. The predicted molar refractivity (Wildman–Crippen MR) is 122 cm³/mol. The lowest BCUT2D eigenvalue weighted by Gasteiger charge is -2.36. The molecule has 196 valence electrons. The second-order valence-electron chi connectivity index (χ2n) is 8.42. The van der Waals surface area contributed by atoms with Gasteiger partial charge in [0.15, 0.2) is 0 Å². The summed E-state index contributed by atoms with van der Waals surface area (Å²) in [6.45, 7) is 1.08. The molecule has 1 unspecified atom stereocenters. The normalized spacial score (nSPS) is 20.4. The summed E-state index contributed by atoms with van der Waals surface area (Å²) in [6, 6.07) is -0.310. The van der Waals surface area contributed by atoms with E-state index in [1.807, 2.05) is 6.92 Å². The molecule has 4 heterocycles. The zero-order valence-electron chi connectivity index (χ0n) is 19.1. The van der Waals surface area contributed by atoms with Crippen LogP contribution in [0.25, 0.3) is 10.7 Å². The van der Waals surface area contributed by atoms with Crippen LogP contribution in [-0.4, -0.2) is 68.4 Å². The van der Waals surface area contributed by atoms with E-state index in [0.717, 1.165) is 6.20 Å². The Morgan fingerprint density at radius 3 is 2.64 bits per heavy atom. The summed E-state index contributed by atoms with van der Waals surface area (Å²) >= 11 is 0.708. The number of hydrogen-bond acceptors (Lipinski definition) is 9. The van der Waals surface area contributed by atoms with E-state index < -0.39 is 40.2 Å². The van der Waals surface area contributed by atoms with Crippen molar-refractivity contribution >= 4 is 27.3 Å². The van der Waals surface area contributed by atoms with E-state index in [1.165, 1.54) is 21.4 Å². The number of alkyl halides is 4. The van der Waals surface area contributed by atoms with Crippen LogP contribution in [0.1, 0.15) is 29.9 Å². The number of aliphatic hydroxyl groups is 1. The van der Waals surface area contributed by atoms with E-state index in [1.54, 1.807) is 7.05 Å². The fourth-order valence-electron chi connectivity index (χ4n) is 3.83. The lowest BCUT2D eigenvalue weighted by Crippen LogP contribution is -2.47. The Morgan fingerprint density at radius 2 is 2.03 bits per heavy atom. The summed E-state index contributed by atoms with van der Waals surface area (Å²) in [5, 5.41) is 16.4. The molecule has 4 rings (SSSR count). The van der Waals surface area contributed by atoms with Gasteiger partial charge in [-0.25, -0.2) is 27.8 Å². The topological polar surface area (TPSA) is 126 Å². The minimum atomic E-state index is -4.77. The Bertz CT molecular complexity index is 1330. The number of nitrogens with one attached hydrogen (secondary N) is 1. The van der Waals surface area contributed by atoms with E-state index >= 15 is 0 Å². The number of halogens is 4. The Balaban J connectivity index is 1.54. The van der Waals surface area contributed by atoms with Crippen LogP contribution in [0.5, 0.6) is 0 Å². The molecule has 1 saturated heterocycles. The Kier molecular flexibility index (Phi) is 7.32. The molecular weight excluding hydrogens is 526 g/mol. The molecule has 2 N–H and O–H groups in total. The highest BCUT2D eigenvalue weighted by Gasteiger charge is 2.38. The van der Waals surface area contributed by atoms with Gasteiger partial charge in [-0.2, -0.15) is 22.6 Å². The molecule has 1 fully saturated rings. The number of thiazole rings is 1. The molecule has 10 nitrogen and oxygen atoms in total. The molecule has 3 atom stereocenters. The molecule has 3 aromatic rings. The molecule has 0 spiro atoms. The van der Waals surface area contributed by atoms with Crippen molar-refractivity contribution in [2.24, 2.45) is 13.0 Å². The molecule has 0 aromatic carbocycles. The summed E-state index contributed by atoms with van der Waals surface area (Å²) in [6.07, 6.45) is -1.44. The Labute approximate surface area is 208 Å². The van der Waals surface area contributed by atoms with Gasteiger partial charge in [-0.3, -0.25) is 4.68 Å². The summed E-state index contributed by atoms with van der Waals surface area (Å²) in [4.78, 5) is 11.9. The Hall–Kier alpha value is -2.69. The largest absolute Gasteiger partial charge is 0.420 e. The fraction of sp³-hybridized carbons (Fsp3) is 0.500. The number of nitrogens with zero attached hydrogens (tertiary/aromatic N) is 6. The molecule has 3 aromatic heterocycles. The van der Waals surface area contributed by atoms with Crippen molar-refractivity contribution in [2.75, 3.05) is 25.1 Å². The van der Waals surface area contributed by atoms with Gasteiger partial charge in [0.1, 0.15) is 33.9 Å². The maximum absolute atomic E-state index is 13.6. The molecule has 1 aliphatic heterocycles. The van der Waals surface area contributed by atoms with Crippen LogP contribution in [-0.2, 0) is 23.2 Å². The van der Waals surface area contributed by atoms with Crippen LogP contribution in [0.3, 0.4) is 0 Å². The molecule has 0 radical (unpaired) electrons. The number of piperidine rings is 1. The van der Waals surface area contributed by atoms with Gasteiger partial charge >= 0.3 is 6.18 Å². The van der Waals surface area contributed by atoms with Gasteiger partial charge in [-0.1, -0.05) is 6.92 Å². The van der Waals surface area contributed by atoms with E-state index in [-0.39, 0.29) is 45.8 Å². The smallest absolute Gasteiger partial charge is 0.385 e. The van der Waals surface area contributed by atoms with Gasteiger partial charge in [0.05, 0.1) is 11.1 Å². The minimum Gasteiger partial charge on any atom is -0.385 e. The number of anilines is 1. The first-order valence-electron chi connectivity index (χ1n) is 10.8. The molecule has 0 bridgehead atoms. The number of aliphatic hydroxyl groups excluding tert-OH is 1. The third kappa shape index (κ3) is 5.35. The second-order valence-corrected chi connectivity index (χ2v) is 11.4. The van der Waals surface area contributed by atoms with Crippen LogP contribution >= 0.6 is 11.3 Å². The highest BCUT2D eigenvalue weighted by molar-refractivity contribution is 7.89. The molecule has 0 aliphatic carbocycles. The minimum absolute atomic E-state index is 0.0737. The molecule has 0 amide bonds. The van der Waals surface area contributed by atoms with Crippen molar-refractivity contribution in [3.05, 3.63) is 35.2 Å². The maximum Gasteiger partial charge on any atom is 0.420 e. The first kappa shape index (κ1) is 26.4. The van der Waals surface area contributed by atoms with Crippen molar-refractivity contribution in [3.8, 4) is 10.7 Å². The van der Waals surface area contributed by atoms with Gasteiger partial charge < -0.3 is 10.4 Å². The number of rotatable bonds is 7. The highest BCUT2D eigenvalue weighted by Crippen LogP contribution is 2.38. The van der Waals surface area contributed by atoms with Crippen molar-refractivity contribution in [1.82, 2.24) is 29.0 Å². The quantitative estimate of drug-likeness (QED) is 0.431. The van der Waals surface area contributed by atoms with Gasteiger partial charge in [0.2, 0.25) is 16.0 Å². The molecule has 36 heavy (non-hydrogen) atoms. The van der Waals surface area contributed by atoms with Crippen molar-refractivity contribution in [3.63, 3.8) is 0 Å². The van der Waals surface area contributed by atoms with E-state index in [9.17, 15) is 31.1 Å². The van der Waals surface area contributed by atoms with Crippen LogP contribution in [0.4, 0.5) is 23.5 Å². The van der Waals surface area contributed by atoms with Crippen molar-refractivity contribution < 1.29 is 31.1 Å². The molecule has 0 saturated carbocycles. The predicted octanol–water partition coefficient (Wildman–Crippen LogP) is 2.87. The lowest BCUT2D eigenvalue weighted by atomic mass is 9.95. The average Bonchev–Trinajstić information content (AvgIpc) is 3.49. The number of hydrogen-bond donors (Lipinski definition) is 2. The summed E-state index contributed by atoms with van der Waals surface area (Å²) in [5.74, 6) is -0.299. The first-order valence-corrected chi connectivity index (χ1v) is 13.1. The number of sulfonamides is 1. The van der Waals surface area contributed by atoms with Gasteiger partial charge in [-0.05, 0) is 12.3 Å².